The summed E-state index contributed by atoms with van der Waals surface area (Å²) in [7, 11) is 0. The van der Waals surface area contributed by atoms with E-state index in [-0.39, 0.29) is 16.9 Å². The van der Waals surface area contributed by atoms with Crippen LogP contribution in [0.2, 0.25) is 0 Å². The lowest BCUT2D eigenvalue weighted by Gasteiger charge is -2.17. The maximum Gasteiger partial charge on any atom is 0.217 e. The first-order valence-electron chi connectivity index (χ1n) is 8.04. The largest absolute Gasteiger partial charge is 0.505 e. The third-order valence-electron chi connectivity index (χ3n) is 4.50. The maximum absolute atomic E-state index is 14.0. The van der Waals surface area contributed by atoms with Gasteiger partial charge in [-0.2, -0.15) is 0 Å². The van der Waals surface area contributed by atoms with Gasteiger partial charge in [0.05, 0.1) is 0 Å². The topological polar surface area (TPSA) is 67.5 Å². The summed E-state index contributed by atoms with van der Waals surface area (Å²) in [4.78, 5) is 22.7. The number of carbonyl (C=O) groups excluding carboxylic acids is 1. The standard InChI is InChI=1S/C21H12F2O4/c1-10-4-11(9-24)2-3-12(10)21-13-5-15(22)17(25)7-19(13)27-20-8-18(26)16(23)6-14(20)21/h2-9,25H,1H3. The molecule has 6 heteroatoms. The Kier molecular flexibility index (Phi) is 3.77. The zero-order chi connectivity index (χ0) is 19.3. The number of phenols is 1. The lowest BCUT2D eigenvalue weighted by molar-refractivity contribution is 0.112. The SMILES string of the molecule is Cc1cc(C=O)ccc1-c1c2cc(F)c(=O)cc-2oc2cc(O)c(F)cc12. The molecule has 0 saturated carbocycles. The first kappa shape index (κ1) is 16.9. The number of halogens is 2. The van der Waals surface area contributed by atoms with Crippen LogP contribution in [0, 0.1) is 18.6 Å². The Hall–Kier alpha value is -3.54. The molecule has 4 rings (SSSR count). The highest BCUT2D eigenvalue weighted by Gasteiger charge is 2.22. The highest BCUT2D eigenvalue weighted by atomic mass is 19.1. The van der Waals surface area contributed by atoms with E-state index in [2.05, 4.69) is 0 Å². The second kappa shape index (κ2) is 6.02. The van der Waals surface area contributed by atoms with Crippen LogP contribution < -0.4 is 5.43 Å². The molecule has 0 saturated heterocycles. The Bertz CT molecular complexity index is 1260. The fourth-order valence-electron chi connectivity index (χ4n) is 3.23. The lowest BCUT2D eigenvalue weighted by Crippen LogP contribution is -2.06. The minimum absolute atomic E-state index is 0.105. The first-order valence-corrected chi connectivity index (χ1v) is 8.04. The van der Waals surface area contributed by atoms with Crippen molar-refractivity contribution in [2.75, 3.05) is 0 Å². The van der Waals surface area contributed by atoms with E-state index in [9.17, 15) is 23.5 Å². The van der Waals surface area contributed by atoms with Gasteiger partial charge in [-0.25, -0.2) is 8.78 Å². The van der Waals surface area contributed by atoms with Crippen molar-refractivity contribution in [1.29, 1.82) is 0 Å². The fraction of sp³-hybridized carbons (Fsp3) is 0.0476. The Morgan fingerprint density at radius 2 is 1.78 bits per heavy atom. The molecule has 1 aliphatic carbocycles. The van der Waals surface area contributed by atoms with Crippen molar-refractivity contribution < 1.29 is 23.1 Å². The molecular formula is C21H12F2O4. The third-order valence-corrected chi connectivity index (χ3v) is 4.50. The molecule has 27 heavy (non-hydrogen) atoms. The van der Waals surface area contributed by atoms with Crippen molar-refractivity contribution in [3.63, 3.8) is 0 Å². The second-order valence-corrected chi connectivity index (χ2v) is 6.25. The molecule has 0 amide bonds. The highest BCUT2D eigenvalue weighted by Crippen LogP contribution is 2.42. The van der Waals surface area contributed by atoms with E-state index in [1.165, 1.54) is 0 Å². The summed E-state index contributed by atoms with van der Waals surface area (Å²) in [6, 6.07) is 9.18. The first-order chi connectivity index (χ1) is 12.9. The summed E-state index contributed by atoms with van der Waals surface area (Å²) in [5, 5.41) is 9.98. The fourth-order valence-corrected chi connectivity index (χ4v) is 3.23. The number of aromatic hydroxyl groups is 1. The summed E-state index contributed by atoms with van der Waals surface area (Å²) in [6.45, 7) is 1.76. The van der Waals surface area contributed by atoms with E-state index >= 15 is 0 Å². The van der Waals surface area contributed by atoms with Gasteiger partial charge in [-0.15, -0.1) is 0 Å². The van der Waals surface area contributed by atoms with Crippen LogP contribution in [-0.2, 0) is 0 Å². The van der Waals surface area contributed by atoms with E-state index in [0.717, 1.165) is 24.3 Å². The van der Waals surface area contributed by atoms with Crippen LogP contribution in [0.15, 0.2) is 51.7 Å². The minimum Gasteiger partial charge on any atom is -0.505 e. The lowest BCUT2D eigenvalue weighted by atomic mass is 9.90. The minimum atomic E-state index is -0.959. The maximum atomic E-state index is 14.0. The van der Waals surface area contributed by atoms with E-state index in [1.54, 1.807) is 25.1 Å². The molecule has 0 radical (unpaired) electrons. The van der Waals surface area contributed by atoms with Gasteiger partial charge in [-0.3, -0.25) is 9.59 Å². The number of hydrogen-bond acceptors (Lipinski definition) is 4. The van der Waals surface area contributed by atoms with Gasteiger partial charge in [-0.05, 0) is 36.2 Å². The molecule has 0 spiro atoms. The average molecular weight is 366 g/mol. The van der Waals surface area contributed by atoms with Gasteiger partial charge in [0.2, 0.25) is 5.43 Å². The molecule has 1 heterocycles. The van der Waals surface area contributed by atoms with Crippen molar-refractivity contribution in [3.05, 3.63) is 75.4 Å². The van der Waals surface area contributed by atoms with Crippen LogP contribution in [0.25, 0.3) is 33.4 Å². The van der Waals surface area contributed by atoms with Gasteiger partial charge in [0.1, 0.15) is 17.6 Å². The highest BCUT2D eigenvalue weighted by molar-refractivity contribution is 6.03. The number of aryl methyl sites for hydroxylation is 1. The van der Waals surface area contributed by atoms with Crippen LogP contribution >= 0.6 is 0 Å². The Balaban J connectivity index is 2.22. The summed E-state index contributed by atoms with van der Waals surface area (Å²) in [5.74, 6) is -2.32. The molecule has 4 nitrogen and oxygen atoms in total. The Morgan fingerprint density at radius 3 is 2.48 bits per heavy atom. The Labute approximate surface area is 151 Å². The molecule has 0 fully saturated rings. The number of hydrogen-bond donors (Lipinski definition) is 1. The van der Waals surface area contributed by atoms with Crippen LogP contribution in [0.5, 0.6) is 5.75 Å². The summed E-state index contributed by atoms with van der Waals surface area (Å²) in [6.07, 6.45) is 0.703. The zero-order valence-electron chi connectivity index (χ0n) is 14.0. The zero-order valence-corrected chi connectivity index (χ0v) is 14.0. The number of carbonyl (C=O) groups is 1. The number of phenolic OH excluding ortho intramolecular Hbond substituents is 1. The van der Waals surface area contributed by atoms with Crippen molar-refractivity contribution in [2.45, 2.75) is 6.92 Å². The quantitative estimate of drug-likeness (QED) is 0.414. The van der Waals surface area contributed by atoms with Gasteiger partial charge in [0.15, 0.2) is 17.4 Å². The molecule has 2 aliphatic rings. The molecule has 0 atom stereocenters. The van der Waals surface area contributed by atoms with E-state index in [1.807, 2.05) is 0 Å². The number of fused-ring (bicyclic) bond motifs is 2. The Morgan fingerprint density at radius 1 is 1.00 bits per heavy atom. The third kappa shape index (κ3) is 2.66. The summed E-state index contributed by atoms with van der Waals surface area (Å²) in [5.41, 5.74) is 1.81. The average Bonchev–Trinajstić information content (AvgIpc) is 2.63. The number of aldehydes is 1. The van der Waals surface area contributed by atoms with Crippen LogP contribution in [0.1, 0.15) is 15.9 Å². The van der Waals surface area contributed by atoms with Crippen molar-refractivity contribution in [1.82, 2.24) is 0 Å². The molecule has 134 valence electrons. The molecule has 0 unspecified atom stereocenters. The molecule has 0 aromatic heterocycles. The molecule has 0 bridgehead atoms. The summed E-state index contributed by atoms with van der Waals surface area (Å²) < 4.78 is 33.7. The smallest absolute Gasteiger partial charge is 0.217 e. The van der Waals surface area contributed by atoms with Gasteiger partial charge >= 0.3 is 0 Å². The van der Waals surface area contributed by atoms with Gasteiger partial charge in [0.25, 0.3) is 0 Å². The predicted molar refractivity (Wildman–Crippen MR) is 96.2 cm³/mol. The normalized spacial score (nSPS) is 11.2. The number of benzene rings is 3. The van der Waals surface area contributed by atoms with Crippen LogP contribution in [-0.4, -0.2) is 11.4 Å². The van der Waals surface area contributed by atoms with Crippen molar-refractivity contribution in [2.24, 2.45) is 0 Å². The number of rotatable bonds is 2. The van der Waals surface area contributed by atoms with Crippen LogP contribution in [0.3, 0.4) is 0 Å². The molecule has 2 aromatic carbocycles. The van der Waals surface area contributed by atoms with Crippen molar-refractivity contribution in [3.8, 4) is 28.2 Å². The van der Waals surface area contributed by atoms with Gasteiger partial charge < -0.3 is 9.52 Å². The van der Waals surface area contributed by atoms with Crippen LogP contribution in [0.4, 0.5) is 8.78 Å². The molecular weight excluding hydrogens is 354 g/mol. The van der Waals surface area contributed by atoms with E-state index in [4.69, 9.17) is 4.42 Å². The molecule has 1 aliphatic heterocycles. The van der Waals surface area contributed by atoms with Gasteiger partial charge in [-0.1, -0.05) is 12.1 Å². The van der Waals surface area contributed by atoms with Crippen molar-refractivity contribution >= 4 is 17.3 Å². The molecule has 1 N–H and O–H groups in total. The van der Waals surface area contributed by atoms with E-state index in [0.29, 0.717) is 33.9 Å². The monoisotopic (exact) mass is 366 g/mol. The molecule has 2 aromatic rings. The summed E-state index contributed by atoms with van der Waals surface area (Å²) >= 11 is 0. The van der Waals surface area contributed by atoms with E-state index < -0.39 is 22.8 Å². The second-order valence-electron chi connectivity index (χ2n) is 6.25. The van der Waals surface area contributed by atoms with Gasteiger partial charge in [0, 0.05) is 34.2 Å². The predicted octanol–water partition coefficient (Wildman–Crippen LogP) is 4.67.